The summed E-state index contributed by atoms with van der Waals surface area (Å²) in [6.45, 7) is 7.07. The van der Waals surface area contributed by atoms with Crippen LogP contribution in [-0.4, -0.2) is 52.0 Å². The molecular formula is C20H28N4O3S2. The Balaban J connectivity index is 1.56. The molecule has 0 unspecified atom stereocenters. The number of benzene rings is 1. The van der Waals surface area contributed by atoms with Crippen LogP contribution in [0, 0.1) is 13.8 Å². The van der Waals surface area contributed by atoms with Crippen molar-refractivity contribution in [2.24, 2.45) is 4.99 Å². The average molecular weight is 437 g/mol. The highest BCUT2D eigenvalue weighted by Crippen LogP contribution is 2.25. The molecule has 2 N–H and O–H groups in total. The summed E-state index contributed by atoms with van der Waals surface area (Å²) >= 11 is 1.29. The third-order valence-corrected chi connectivity index (χ3v) is 8.25. The highest BCUT2D eigenvalue weighted by molar-refractivity contribution is 7.91. The van der Waals surface area contributed by atoms with Crippen molar-refractivity contribution in [3.05, 3.63) is 51.9 Å². The summed E-state index contributed by atoms with van der Waals surface area (Å²) in [5, 5.41) is 6.56. The highest BCUT2D eigenvalue weighted by atomic mass is 32.2. The van der Waals surface area contributed by atoms with Crippen LogP contribution >= 0.6 is 11.3 Å². The molecule has 158 valence electrons. The molecule has 9 heteroatoms. The number of sulfonamides is 1. The summed E-state index contributed by atoms with van der Waals surface area (Å²) in [5.74, 6) is 0.677. The molecule has 0 saturated carbocycles. The van der Waals surface area contributed by atoms with Crippen LogP contribution in [0.4, 0.5) is 0 Å². The predicted octanol–water partition coefficient (Wildman–Crippen LogP) is 2.25. The first-order valence-corrected chi connectivity index (χ1v) is 11.8. The molecule has 0 spiro atoms. The van der Waals surface area contributed by atoms with Gasteiger partial charge in [-0.2, -0.15) is 4.31 Å². The summed E-state index contributed by atoms with van der Waals surface area (Å²) in [5.41, 5.74) is 3.70. The molecule has 0 amide bonds. The third-order valence-electron chi connectivity index (χ3n) is 4.80. The van der Waals surface area contributed by atoms with Gasteiger partial charge in [-0.3, -0.25) is 4.99 Å². The molecule has 2 heterocycles. The van der Waals surface area contributed by atoms with Crippen molar-refractivity contribution in [2.75, 3.05) is 33.4 Å². The summed E-state index contributed by atoms with van der Waals surface area (Å²) in [4.78, 5) is 5.19. The van der Waals surface area contributed by atoms with E-state index >= 15 is 0 Å². The van der Waals surface area contributed by atoms with Crippen molar-refractivity contribution in [1.82, 2.24) is 14.9 Å². The van der Waals surface area contributed by atoms with Crippen LogP contribution < -0.4 is 10.6 Å². The van der Waals surface area contributed by atoms with Gasteiger partial charge in [-0.05, 0) is 37.1 Å². The summed E-state index contributed by atoms with van der Waals surface area (Å²) in [6, 6.07) is 9.91. The Hall–Kier alpha value is -1.94. The predicted molar refractivity (Wildman–Crippen MR) is 117 cm³/mol. The number of aliphatic imine (C=N–C) groups is 1. The average Bonchev–Trinajstić information content (AvgIpc) is 3.20. The quantitative estimate of drug-likeness (QED) is 0.536. The molecule has 1 aromatic heterocycles. The minimum atomic E-state index is -3.44. The van der Waals surface area contributed by atoms with Crippen LogP contribution in [0.1, 0.15) is 21.6 Å². The van der Waals surface area contributed by atoms with E-state index in [1.165, 1.54) is 32.3 Å². The lowest BCUT2D eigenvalue weighted by atomic mass is 10.1. The Kier molecular flexibility index (Phi) is 7.28. The van der Waals surface area contributed by atoms with Gasteiger partial charge in [0, 0.05) is 31.6 Å². The third kappa shape index (κ3) is 5.57. The van der Waals surface area contributed by atoms with E-state index < -0.39 is 10.0 Å². The van der Waals surface area contributed by atoms with E-state index in [1.54, 1.807) is 13.1 Å². The SMILES string of the molecule is CN=C(NCc1ccc(S(=O)(=O)N2CCOCC2)s1)NCc1ccc(C)cc1C. The van der Waals surface area contributed by atoms with E-state index in [1.807, 2.05) is 6.07 Å². The Morgan fingerprint density at radius 2 is 1.86 bits per heavy atom. The van der Waals surface area contributed by atoms with Crippen molar-refractivity contribution in [2.45, 2.75) is 31.1 Å². The molecule has 0 aliphatic carbocycles. The molecule has 3 rings (SSSR count). The standard InChI is InChI=1S/C20H28N4O3S2/c1-15-4-5-17(16(2)12-15)13-22-20(21-3)23-14-18-6-7-19(28-18)29(25,26)24-8-10-27-11-9-24/h4-7,12H,8-11,13-14H2,1-3H3,(H2,21,22,23). The second kappa shape index (κ2) is 9.71. The van der Waals surface area contributed by atoms with E-state index in [-0.39, 0.29) is 0 Å². The van der Waals surface area contributed by atoms with Crippen molar-refractivity contribution in [1.29, 1.82) is 0 Å². The van der Waals surface area contributed by atoms with Crippen molar-refractivity contribution < 1.29 is 13.2 Å². The van der Waals surface area contributed by atoms with Gasteiger partial charge in [0.2, 0.25) is 0 Å². The number of guanidine groups is 1. The lowest BCUT2D eigenvalue weighted by Crippen LogP contribution is -2.40. The monoisotopic (exact) mass is 436 g/mol. The molecular weight excluding hydrogens is 408 g/mol. The van der Waals surface area contributed by atoms with Gasteiger partial charge < -0.3 is 15.4 Å². The van der Waals surface area contributed by atoms with E-state index in [9.17, 15) is 8.42 Å². The maximum atomic E-state index is 12.7. The van der Waals surface area contributed by atoms with Gasteiger partial charge in [0.05, 0.1) is 19.8 Å². The van der Waals surface area contributed by atoms with E-state index in [0.717, 1.165) is 4.88 Å². The minimum Gasteiger partial charge on any atom is -0.379 e. The van der Waals surface area contributed by atoms with Crippen molar-refractivity contribution in [3.63, 3.8) is 0 Å². The second-order valence-electron chi connectivity index (χ2n) is 6.95. The fourth-order valence-electron chi connectivity index (χ4n) is 3.12. The lowest BCUT2D eigenvalue weighted by molar-refractivity contribution is 0.0731. The number of hydrogen-bond donors (Lipinski definition) is 2. The number of nitrogens with zero attached hydrogens (tertiary/aromatic N) is 2. The van der Waals surface area contributed by atoms with Crippen LogP contribution in [0.2, 0.25) is 0 Å². The summed E-state index contributed by atoms with van der Waals surface area (Å²) in [7, 11) is -1.72. The van der Waals surface area contributed by atoms with Gasteiger partial charge in [0.1, 0.15) is 4.21 Å². The van der Waals surface area contributed by atoms with E-state index in [2.05, 4.69) is 47.7 Å². The zero-order chi connectivity index (χ0) is 20.9. The number of hydrogen-bond acceptors (Lipinski definition) is 5. The molecule has 0 atom stereocenters. The van der Waals surface area contributed by atoms with Crippen LogP contribution in [0.15, 0.2) is 39.5 Å². The van der Waals surface area contributed by atoms with Crippen molar-refractivity contribution >= 4 is 27.3 Å². The normalized spacial score (nSPS) is 16.0. The highest BCUT2D eigenvalue weighted by Gasteiger charge is 2.27. The second-order valence-corrected chi connectivity index (χ2v) is 10.3. The molecule has 7 nitrogen and oxygen atoms in total. The molecule has 1 fully saturated rings. The van der Waals surface area contributed by atoms with E-state index in [0.29, 0.717) is 49.6 Å². The smallest absolute Gasteiger partial charge is 0.252 e. The fraction of sp³-hybridized carbons (Fsp3) is 0.450. The molecule has 1 aromatic carbocycles. The molecule has 0 radical (unpaired) electrons. The number of ether oxygens (including phenoxy) is 1. The van der Waals surface area contributed by atoms with Gasteiger partial charge in [-0.15, -0.1) is 11.3 Å². The first-order valence-electron chi connectivity index (χ1n) is 9.57. The Morgan fingerprint density at radius 3 is 2.55 bits per heavy atom. The minimum absolute atomic E-state index is 0.370. The molecule has 2 aromatic rings. The first kappa shape index (κ1) is 21.8. The number of nitrogens with one attached hydrogen (secondary N) is 2. The topological polar surface area (TPSA) is 83.0 Å². The lowest BCUT2D eigenvalue weighted by Gasteiger charge is -2.25. The Bertz CT molecular complexity index is 964. The number of thiophene rings is 1. The number of morpholine rings is 1. The summed E-state index contributed by atoms with van der Waals surface area (Å²) in [6.07, 6.45) is 0. The van der Waals surface area contributed by atoms with Gasteiger partial charge >= 0.3 is 0 Å². The van der Waals surface area contributed by atoms with Gasteiger partial charge in [-0.25, -0.2) is 8.42 Å². The molecule has 1 aliphatic rings. The molecule has 0 bridgehead atoms. The van der Waals surface area contributed by atoms with Crippen LogP contribution in [0.25, 0.3) is 0 Å². The number of rotatable bonds is 6. The maximum absolute atomic E-state index is 12.7. The molecule has 1 aliphatic heterocycles. The largest absolute Gasteiger partial charge is 0.379 e. The molecule has 1 saturated heterocycles. The maximum Gasteiger partial charge on any atom is 0.252 e. The fourth-order valence-corrected chi connectivity index (χ4v) is 5.98. The van der Waals surface area contributed by atoms with Crippen molar-refractivity contribution in [3.8, 4) is 0 Å². The zero-order valence-corrected chi connectivity index (χ0v) is 18.7. The Morgan fingerprint density at radius 1 is 1.14 bits per heavy atom. The number of aryl methyl sites for hydroxylation is 2. The Labute approximate surface area is 176 Å². The first-order chi connectivity index (χ1) is 13.9. The van der Waals surface area contributed by atoms with Crippen LogP contribution in [0.3, 0.4) is 0 Å². The van der Waals surface area contributed by atoms with Gasteiger partial charge in [0.25, 0.3) is 10.0 Å². The van der Waals surface area contributed by atoms with Gasteiger partial charge in [-0.1, -0.05) is 23.8 Å². The van der Waals surface area contributed by atoms with E-state index in [4.69, 9.17) is 4.74 Å². The molecule has 29 heavy (non-hydrogen) atoms. The van der Waals surface area contributed by atoms with Gasteiger partial charge in [0.15, 0.2) is 5.96 Å². The van der Waals surface area contributed by atoms with Crippen LogP contribution in [-0.2, 0) is 27.8 Å². The zero-order valence-electron chi connectivity index (χ0n) is 17.1. The van der Waals surface area contributed by atoms with Crippen LogP contribution in [0.5, 0.6) is 0 Å². The summed E-state index contributed by atoms with van der Waals surface area (Å²) < 4.78 is 32.6.